The molecule has 4 rings (SSSR count). The highest BCUT2D eigenvalue weighted by molar-refractivity contribution is 5.99. The maximum atomic E-state index is 13.3. The van der Waals surface area contributed by atoms with Crippen molar-refractivity contribution in [2.24, 2.45) is 11.7 Å². The zero-order chi connectivity index (χ0) is 21.0. The van der Waals surface area contributed by atoms with E-state index in [-0.39, 0.29) is 17.7 Å². The first-order valence-corrected chi connectivity index (χ1v) is 10.5. The van der Waals surface area contributed by atoms with E-state index >= 15 is 0 Å². The number of carbonyl (C=O) groups excluding carboxylic acids is 2. The molecule has 7 heteroatoms. The molecule has 2 saturated heterocycles. The van der Waals surface area contributed by atoms with Crippen LogP contribution in [0.1, 0.15) is 31.2 Å². The fourth-order valence-electron chi connectivity index (χ4n) is 4.44. The highest BCUT2D eigenvalue weighted by Gasteiger charge is 2.41. The normalized spacial score (nSPS) is 21.1. The van der Waals surface area contributed by atoms with Crippen molar-refractivity contribution in [3.63, 3.8) is 0 Å². The van der Waals surface area contributed by atoms with E-state index in [1.807, 2.05) is 42.5 Å². The number of nitrogens with one attached hydrogen (secondary N) is 1. The van der Waals surface area contributed by atoms with Gasteiger partial charge in [-0.05, 0) is 43.4 Å². The number of hydrogen-bond acceptors (Lipinski definition) is 5. The molecule has 158 valence electrons. The van der Waals surface area contributed by atoms with E-state index in [9.17, 15) is 9.59 Å². The molecule has 1 aromatic carbocycles. The third-order valence-corrected chi connectivity index (χ3v) is 6.26. The molecule has 2 fully saturated rings. The Bertz CT molecular complexity index is 879. The van der Waals surface area contributed by atoms with Crippen molar-refractivity contribution in [1.82, 2.24) is 4.98 Å². The Morgan fingerprint density at radius 3 is 2.57 bits per heavy atom. The van der Waals surface area contributed by atoms with Crippen molar-refractivity contribution in [3.8, 4) is 0 Å². The lowest BCUT2D eigenvalue weighted by atomic mass is 9.73. The molecule has 1 aromatic heterocycles. The van der Waals surface area contributed by atoms with Crippen LogP contribution < -0.4 is 16.0 Å². The first kappa shape index (κ1) is 20.3. The number of nitrogens with zero attached hydrogens (tertiary/aromatic N) is 2. The third kappa shape index (κ3) is 4.16. The second-order valence-corrected chi connectivity index (χ2v) is 8.11. The third-order valence-electron chi connectivity index (χ3n) is 6.26. The van der Waals surface area contributed by atoms with Gasteiger partial charge in [-0.25, -0.2) is 4.98 Å². The standard InChI is InChI=1S/C23H28N4O3/c24-21(28)17-5-4-12-27(16-17)20-9-8-19(15-25-20)26-22(29)23(10-13-30-14-11-23)18-6-2-1-3-7-18/h1-3,6-9,15,17H,4-5,10-14,16H2,(H2,24,28)(H,26,29). The molecule has 2 aromatic rings. The molecule has 2 aliphatic heterocycles. The van der Waals surface area contributed by atoms with Crippen molar-refractivity contribution in [2.75, 3.05) is 36.5 Å². The number of carbonyl (C=O) groups is 2. The van der Waals surface area contributed by atoms with Crippen LogP contribution >= 0.6 is 0 Å². The van der Waals surface area contributed by atoms with E-state index in [1.165, 1.54) is 0 Å². The summed E-state index contributed by atoms with van der Waals surface area (Å²) >= 11 is 0. The van der Waals surface area contributed by atoms with Crippen LogP contribution in [-0.4, -0.2) is 43.1 Å². The Balaban J connectivity index is 1.48. The monoisotopic (exact) mass is 408 g/mol. The summed E-state index contributed by atoms with van der Waals surface area (Å²) in [5.74, 6) is 0.367. The van der Waals surface area contributed by atoms with E-state index in [1.54, 1.807) is 6.20 Å². The summed E-state index contributed by atoms with van der Waals surface area (Å²) in [5.41, 5.74) is 6.55. The minimum atomic E-state index is -0.597. The average molecular weight is 409 g/mol. The van der Waals surface area contributed by atoms with Gasteiger partial charge < -0.3 is 20.7 Å². The molecule has 0 radical (unpaired) electrons. The number of pyridine rings is 1. The summed E-state index contributed by atoms with van der Waals surface area (Å²) in [5, 5.41) is 3.06. The van der Waals surface area contributed by atoms with Gasteiger partial charge in [0.05, 0.1) is 23.2 Å². The number of piperidine rings is 1. The summed E-state index contributed by atoms with van der Waals surface area (Å²) < 4.78 is 5.52. The molecule has 3 heterocycles. The van der Waals surface area contributed by atoms with Crippen LogP contribution in [0.5, 0.6) is 0 Å². The van der Waals surface area contributed by atoms with Crippen molar-refractivity contribution in [1.29, 1.82) is 0 Å². The van der Waals surface area contributed by atoms with Crippen LogP contribution in [0, 0.1) is 5.92 Å². The van der Waals surface area contributed by atoms with Gasteiger partial charge in [0.1, 0.15) is 5.82 Å². The number of amides is 2. The van der Waals surface area contributed by atoms with E-state index in [0.29, 0.717) is 38.3 Å². The van der Waals surface area contributed by atoms with Crippen molar-refractivity contribution >= 4 is 23.3 Å². The van der Waals surface area contributed by atoms with Gasteiger partial charge in [0.25, 0.3) is 0 Å². The lowest BCUT2D eigenvalue weighted by Crippen LogP contribution is -2.44. The molecule has 0 bridgehead atoms. The molecule has 0 saturated carbocycles. The molecule has 0 aliphatic carbocycles. The summed E-state index contributed by atoms with van der Waals surface area (Å²) in [6.07, 6.45) is 4.72. The Hall–Kier alpha value is -2.93. The minimum absolute atomic E-state index is 0.0293. The zero-order valence-corrected chi connectivity index (χ0v) is 17.0. The Morgan fingerprint density at radius 2 is 1.90 bits per heavy atom. The van der Waals surface area contributed by atoms with Crippen LogP contribution in [0.25, 0.3) is 0 Å². The molecular weight excluding hydrogens is 380 g/mol. The van der Waals surface area contributed by atoms with Crippen LogP contribution in [0.4, 0.5) is 11.5 Å². The summed E-state index contributed by atoms with van der Waals surface area (Å²) in [7, 11) is 0. The summed E-state index contributed by atoms with van der Waals surface area (Å²) in [4.78, 5) is 31.5. The molecule has 7 nitrogen and oxygen atoms in total. The van der Waals surface area contributed by atoms with E-state index in [0.717, 1.165) is 30.8 Å². The van der Waals surface area contributed by atoms with Crippen molar-refractivity contribution < 1.29 is 14.3 Å². The van der Waals surface area contributed by atoms with E-state index in [4.69, 9.17) is 10.5 Å². The van der Waals surface area contributed by atoms with E-state index < -0.39 is 5.41 Å². The number of hydrogen-bond donors (Lipinski definition) is 2. The predicted molar refractivity (Wildman–Crippen MR) is 115 cm³/mol. The van der Waals surface area contributed by atoms with Gasteiger partial charge in [-0.1, -0.05) is 30.3 Å². The lowest BCUT2D eigenvalue weighted by Gasteiger charge is -2.36. The Morgan fingerprint density at radius 1 is 1.13 bits per heavy atom. The van der Waals surface area contributed by atoms with Crippen molar-refractivity contribution in [3.05, 3.63) is 54.2 Å². The molecule has 3 N–H and O–H groups in total. The number of aromatic nitrogens is 1. The number of rotatable bonds is 5. The van der Waals surface area contributed by atoms with Gasteiger partial charge in [0.2, 0.25) is 11.8 Å². The first-order valence-electron chi connectivity index (χ1n) is 10.5. The minimum Gasteiger partial charge on any atom is -0.381 e. The largest absolute Gasteiger partial charge is 0.381 e. The van der Waals surface area contributed by atoms with Gasteiger partial charge in [-0.15, -0.1) is 0 Å². The first-order chi connectivity index (χ1) is 14.6. The van der Waals surface area contributed by atoms with Crippen LogP contribution in [0.15, 0.2) is 48.7 Å². The van der Waals surface area contributed by atoms with Crippen LogP contribution in [0.3, 0.4) is 0 Å². The van der Waals surface area contributed by atoms with Crippen molar-refractivity contribution in [2.45, 2.75) is 31.1 Å². The van der Waals surface area contributed by atoms with Gasteiger partial charge in [-0.2, -0.15) is 0 Å². The second kappa shape index (κ2) is 8.83. The van der Waals surface area contributed by atoms with Crippen LogP contribution in [0.2, 0.25) is 0 Å². The number of primary amides is 1. The maximum absolute atomic E-state index is 13.3. The molecular formula is C23H28N4O3. The number of ether oxygens (including phenoxy) is 1. The zero-order valence-electron chi connectivity index (χ0n) is 17.0. The molecule has 0 spiro atoms. The molecule has 1 unspecified atom stereocenters. The SMILES string of the molecule is NC(=O)C1CCCN(c2ccc(NC(=O)C3(c4ccccc4)CCOCC3)cn2)C1. The average Bonchev–Trinajstić information content (AvgIpc) is 2.80. The van der Waals surface area contributed by atoms with Gasteiger partial charge >= 0.3 is 0 Å². The molecule has 2 aliphatic rings. The predicted octanol–water partition coefficient (Wildman–Crippen LogP) is 2.47. The highest BCUT2D eigenvalue weighted by Crippen LogP contribution is 2.36. The maximum Gasteiger partial charge on any atom is 0.235 e. The fraction of sp³-hybridized carbons (Fsp3) is 0.435. The quantitative estimate of drug-likeness (QED) is 0.792. The Kier molecular flexibility index (Phi) is 5.99. The summed E-state index contributed by atoms with van der Waals surface area (Å²) in [6, 6.07) is 13.7. The fourth-order valence-corrected chi connectivity index (χ4v) is 4.44. The number of nitrogens with two attached hydrogens (primary N) is 1. The molecule has 1 atom stereocenters. The lowest BCUT2D eigenvalue weighted by molar-refractivity contribution is -0.125. The van der Waals surface area contributed by atoms with Crippen LogP contribution in [-0.2, 0) is 19.7 Å². The number of benzene rings is 1. The Labute approximate surface area is 176 Å². The van der Waals surface area contributed by atoms with E-state index in [2.05, 4.69) is 15.2 Å². The second-order valence-electron chi connectivity index (χ2n) is 8.11. The number of anilines is 2. The summed E-state index contributed by atoms with van der Waals surface area (Å²) in [6.45, 7) is 2.57. The van der Waals surface area contributed by atoms with Gasteiger partial charge in [0.15, 0.2) is 0 Å². The van der Waals surface area contributed by atoms with Gasteiger partial charge in [0, 0.05) is 26.3 Å². The van der Waals surface area contributed by atoms with Gasteiger partial charge in [-0.3, -0.25) is 9.59 Å². The smallest absolute Gasteiger partial charge is 0.235 e. The molecule has 30 heavy (non-hydrogen) atoms. The molecule has 2 amide bonds. The highest BCUT2D eigenvalue weighted by atomic mass is 16.5. The topological polar surface area (TPSA) is 97.6 Å².